The van der Waals surface area contributed by atoms with Gasteiger partial charge in [-0.15, -0.1) is 0 Å². The van der Waals surface area contributed by atoms with Gasteiger partial charge in [-0.1, -0.05) is 12.1 Å². The van der Waals surface area contributed by atoms with Crippen LogP contribution in [0.5, 0.6) is 5.75 Å². The summed E-state index contributed by atoms with van der Waals surface area (Å²) in [6.07, 6.45) is 2.52. The van der Waals surface area contributed by atoms with E-state index >= 15 is 0 Å². The number of phenols is 1. The molecule has 0 bridgehead atoms. The molecule has 2 rings (SSSR count). The van der Waals surface area contributed by atoms with Gasteiger partial charge in [0.05, 0.1) is 0 Å². The van der Waals surface area contributed by atoms with Crippen molar-refractivity contribution in [2.75, 3.05) is 11.5 Å². The van der Waals surface area contributed by atoms with E-state index in [-0.39, 0.29) is 0 Å². The predicted octanol–water partition coefficient (Wildman–Crippen LogP) is 2.94. The zero-order chi connectivity index (χ0) is 11.4. The average molecular weight is 237 g/mol. The summed E-state index contributed by atoms with van der Waals surface area (Å²) in [4.78, 5) is 0. The Morgan fingerprint density at radius 1 is 1.38 bits per heavy atom. The molecule has 0 aromatic heterocycles. The van der Waals surface area contributed by atoms with Crippen molar-refractivity contribution < 1.29 is 5.11 Å². The van der Waals surface area contributed by atoms with E-state index < -0.39 is 0 Å². The zero-order valence-corrected chi connectivity index (χ0v) is 10.5. The summed E-state index contributed by atoms with van der Waals surface area (Å²) in [6, 6.07) is 8.48. The first-order valence-electron chi connectivity index (χ1n) is 5.88. The Morgan fingerprint density at radius 2 is 2.12 bits per heavy atom. The van der Waals surface area contributed by atoms with Gasteiger partial charge in [0.15, 0.2) is 0 Å². The third-order valence-corrected chi connectivity index (χ3v) is 4.13. The van der Waals surface area contributed by atoms with E-state index in [0.717, 1.165) is 0 Å². The molecule has 0 saturated carbocycles. The van der Waals surface area contributed by atoms with E-state index in [4.69, 9.17) is 0 Å². The maximum atomic E-state index is 9.44. The maximum absolute atomic E-state index is 9.44. The SMILES string of the molecule is C[C@@H](NC1CCSCC1)c1cccc(O)c1. The average Bonchev–Trinajstić information content (AvgIpc) is 2.30. The Labute approximate surface area is 101 Å². The molecule has 2 N–H and O–H groups in total. The molecular weight excluding hydrogens is 218 g/mol. The van der Waals surface area contributed by atoms with Gasteiger partial charge in [0.25, 0.3) is 0 Å². The lowest BCUT2D eigenvalue weighted by molar-refractivity contribution is 0.428. The first-order chi connectivity index (χ1) is 7.75. The molecule has 1 heterocycles. The molecule has 0 unspecified atom stereocenters. The van der Waals surface area contributed by atoms with Crippen LogP contribution in [0.4, 0.5) is 0 Å². The Morgan fingerprint density at radius 3 is 2.81 bits per heavy atom. The molecule has 1 aromatic rings. The largest absolute Gasteiger partial charge is 0.508 e. The number of hydrogen-bond acceptors (Lipinski definition) is 3. The summed E-state index contributed by atoms with van der Waals surface area (Å²) in [7, 11) is 0. The predicted molar refractivity (Wildman–Crippen MR) is 70.0 cm³/mol. The first-order valence-corrected chi connectivity index (χ1v) is 7.04. The standard InChI is InChI=1S/C13H19NOS/c1-10(11-3-2-4-13(15)9-11)14-12-5-7-16-8-6-12/h2-4,9-10,12,14-15H,5-8H2,1H3/t10-/m1/s1. The molecule has 1 atom stereocenters. The maximum Gasteiger partial charge on any atom is 0.115 e. The highest BCUT2D eigenvalue weighted by Gasteiger charge is 2.16. The van der Waals surface area contributed by atoms with Crippen LogP contribution in [0.2, 0.25) is 0 Å². The van der Waals surface area contributed by atoms with Gasteiger partial charge in [0.2, 0.25) is 0 Å². The highest BCUT2D eigenvalue weighted by atomic mass is 32.2. The summed E-state index contributed by atoms with van der Waals surface area (Å²) in [5.74, 6) is 2.89. The van der Waals surface area contributed by atoms with E-state index in [9.17, 15) is 5.11 Å². The number of benzene rings is 1. The fourth-order valence-electron chi connectivity index (χ4n) is 2.11. The van der Waals surface area contributed by atoms with Gasteiger partial charge in [-0.2, -0.15) is 11.8 Å². The lowest BCUT2D eigenvalue weighted by Crippen LogP contribution is -2.34. The van der Waals surface area contributed by atoms with Gasteiger partial charge in [-0.05, 0) is 49.0 Å². The number of nitrogens with one attached hydrogen (secondary N) is 1. The van der Waals surface area contributed by atoms with E-state index in [0.29, 0.717) is 17.8 Å². The molecular formula is C13H19NOS. The van der Waals surface area contributed by atoms with Crippen LogP contribution in [-0.4, -0.2) is 22.7 Å². The summed E-state index contributed by atoms with van der Waals surface area (Å²) < 4.78 is 0. The van der Waals surface area contributed by atoms with Gasteiger partial charge in [0, 0.05) is 12.1 Å². The molecule has 0 aliphatic carbocycles. The van der Waals surface area contributed by atoms with Crippen molar-refractivity contribution >= 4 is 11.8 Å². The highest BCUT2D eigenvalue weighted by molar-refractivity contribution is 7.99. The quantitative estimate of drug-likeness (QED) is 0.848. The number of thioether (sulfide) groups is 1. The molecule has 16 heavy (non-hydrogen) atoms. The summed E-state index contributed by atoms with van der Waals surface area (Å²) >= 11 is 2.04. The molecule has 1 aliphatic heterocycles. The van der Waals surface area contributed by atoms with Gasteiger partial charge >= 0.3 is 0 Å². The molecule has 88 valence electrons. The molecule has 1 aliphatic rings. The molecule has 0 radical (unpaired) electrons. The molecule has 2 nitrogen and oxygen atoms in total. The second-order valence-electron chi connectivity index (χ2n) is 4.37. The van der Waals surface area contributed by atoms with Crippen LogP contribution in [0.3, 0.4) is 0 Å². The van der Waals surface area contributed by atoms with Crippen molar-refractivity contribution in [1.29, 1.82) is 0 Å². The van der Waals surface area contributed by atoms with Crippen molar-refractivity contribution in [2.24, 2.45) is 0 Å². The van der Waals surface area contributed by atoms with Crippen LogP contribution in [0.15, 0.2) is 24.3 Å². The third kappa shape index (κ3) is 3.16. The second kappa shape index (κ2) is 5.60. The van der Waals surface area contributed by atoms with Crippen molar-refractivity contribution in [2.45, 2.75) is 31.8 Å². The lowest BCUT2D eigenvalue weighted by Gasteiger charge is -2.26. The summed E-state index contributed by atoms with van der Waals surface area (Å²) in [5.41, 5.74) is 1.17. The van der Waals surface area contributed by atoms with E-state index in [1.54, 1.807) is 6.07 Å². The van der Waals surface area contributed by atoms with Crippen LogP contribution in [-0.2, 0) is 0 Å². The third-order valence-electron chi connectivity index (χ3n) is 3.08. The highest BCUT2D eigenvalue weighted by Crippen LogP contribution is 2.22. The van der Waals surface area contributed by atoms with E-state index in [1.165, 1.54) is 29.9 Å². The molecule has 0 spiro atoms. The molecule has 1 aromatic carbocycles. The fourth-order valence-corrected chi connectivity index (χ4v) is 3.21. The van der Waals surface area contributed by atoms with Crippen LogP contribution < -0.4 is 5.32 Å². The Kier molecular flexibility index (Phi) is 4.13. The van der Waals surface area contributed by atoms with Crippen molar-refractivity contribution in [3.8, 4) is 5.75 Å². The van der Waals surface area contributed by atoms with Crippen molar-refractivity contribution in [3.05, 3.63) is 29.8 Å². The number of hydrogen-bond donors (Lipinski definition) is 2. The molecule has 3 heteroatoms. The molecule has 1 saturated heterocycles. The van der Waals surface area contributed by atoms with Crippen molar-refractivity contribution in [1.82, 2.24) is 5.32 Å². The second-order valence-corrected chi connectivity index (χ2v) is 5.59. The van der Waals surface area contributed by atoms with Crippen LogP contribution in [0, 0.1) is 0 Å². The number of aromatic hydroxyl groups is 1. The number of phenolic OH excluding ortho intramolecular Hbond substituents is 1. The minimum Gasteiger partial charge on any atom is -0.508 e. The van der Waals surface area contributed by atoms with Crippen LogP contribution >= 0.6 is 11.8 Å². The van der Waals surface area contributed by atoms with E-state index in [1.807, 2.05) is 23.9 Å². The monoisotopic (exact) mass is 237 g/mol. The van der Waals surface area contributed by atoms with Gasteiger partial charge in [-0.25, -0.2) is 0 Å². The lowest BCUT2D eigenvalue weighted by atomic mass is 10.1. The summed E-state index contributed by atoms with van der Waals surface area (Å²) in [6.45, 7) is 2.16. The fraction of sp³-hybridized carbons (Fsp3) is 0.538. The Balaban J connectivity index is 1.94. The van der Waals surface area contributed by atoms with Gasteiger partial charge in [-0.3, -0.25) is 0 Å². The first kappa shape index (κ1) is 11.8. The van der Waals surface area contributed by atoms with Gasteiger partial charge < -0.3 is 10.4 Å². The molecule has 1 fully saturated rings. The Bertz CT molecular complexity index is 336. The van der Waals surface area contributed by atoms with Gasteiger partial charge in [0.1, 0.15) is 5.75 Å². The normalized spacial score (nSPS) is 19.6. The zero-order valence-electron chi connectivity index (χ0n) is 9.65. The Hall–Kier alpha value is -0.670. The van der Waals surface area contributed by atoms with Crippen LogP contribution in [0.1, 0.15) is 31.4 Å². The minimum atomic E-state index is 0.320. The number of rotatable bonds is 3. The topological polar surface area (TPSA) is 32.3 Å². The summed E-state index contributed by atoms with van der Waals surface area (Å²) in [5, 5.41) is 13.1. The molecule has 0 amide bonds. The van der Waals surface area contributed by atoms with Crippen molar-refractivity contribution in [3.63, 3.8) is 0 Å². The smallest absolute Gasteiger partial charge is 0.115 e. The van der Waals surface area contributed by atoms with Crippen LogP contribution in [0.25, 0.3) is 0 Å². The minimum absolute atomic E-state index is 0.320. The van der Waals surface area contributed by atoms with E-state index in [2.05, 4.69) is 18.3 Å².